The highest BCUT2D eigenvalue weighted by Crippen LogP contribution is 2.13. The second-order valence-corrected chi connectivity index (χ2v) is 5.46. The molecule has 0 aliphatic heterocycles. The normalized spacial score (nSPS) is 13.1. The van der Waals surface area contributed by atoms with Gasteiger partial charge in [-0.2, -0.15) is 0 Å². The molecule has 1 aromatic rings. The summed E-state index contributed by atoms with van der Waals surface area (Å²) in [7, 11) is -0.961. The van der Waals surface area contributed by atoms with Crippen molar-refractivity contribution in [1.82, 2.24) is 0 Å². The van der Waals surface area contributed by atoms with Crippen molar-refractivity contribution in [2.75, 3.05) is 5.73 Å². The zero-order chi connectivity index (χ0) is 10.7. The largest absolute Gasteiger partial charge is 0.399 e. The van der Waals surface area contributed by atoms with Gasteiger partial charge in [0.25, 0.3) is 0 Å². The summed E-state index contributed by atoms with van der Waals surface area (Å²) in [5, 5.41) is 0.0829. The molecule has 0 saturated carbocycles. The van der Waals surface area contributed by atoms with Crippen LogP contribution >= 0.6 is 0 Å². The van der Waals surface area contributed by atoms with E-state index in [0.717, 1.165) is 0 Å². The molecule has 0 heterocycles. The first-order valence-electron chi connectivity index (χ1n) is 4.41. The molecule has 2 N–H and O–H groups in total. The lowest BCUT2D eigenvalue weighted by molar-refractivity contribution is 0.627. The lowest BCUT2D eigenvalue weighted by Crippen LogP contribution is -2.08. The highest BCUT2D eigenvalue weighted by Gasteiger charge is 2.07. The third kappa shape index (κ3) is 3.10. The maximum Gasteiger partial charge on any atom is 0.125 e. The second kappa shape index (κ2) is 4.55. The Bertz CT molecular complexity index is 332. The minimum Gasteiger partial charge on any atom is -0.399 e. The molecule has 1 aromatic carbocycles. The summed E-state index contributed by atoms with van der Waals surface area (Å²) in [5.41, 5.74) is 6.54. The molecule has 0 radical (unpaired) electrons. The van der Waals surface area contributed by atoms with Gasteiger partial charge in [-0.25, -0.2) is 4.39 Å². The summed E-state index contributed by atoms with van der Waals surface area (Å²) < 4.78 is 24.4. The van der Waals surface area contributed by atoms with E-state index in [9.17, 15) is 8.60 Å². The van der Waals surface area contributed by atoms with Crippen LogP contribution in [0.3, 0.4) is 0 Å². The van der Waals surface area contributed by atoms with Gasteiger partial charge in [-0.05, 0) is 23.8 Å². The Morgan fingerprint density at radius 1 is 1.43 bits per heavy atom. The third-order valence-electron chi connectivity index (χ3n) is 1.81. The highest BCUT2D eigenvalue weighted by molar-refractivity contribution is 7.84. The summed E-state index contributed by atoms with van der Waals surface area (Å²) in [6.45, 7) is 3.75. The average Bonchev–Trinajstić information content (AvgIpc) is 2.01. The molecule has 0 spiro atoms. The van der Waals surface area contributed by atoms with Gasteiger partial charge in [-0.3, -0.25) is 4.21 Å². The molecule has 0 fully saturated rings. The lowest BCUT2D eigenvalue weighted by Gasteiger charge is -2.06. The van der Waals surface area contributed by atoms with Crippen molar-refractivity contribution < 1.29 is 8.60 Å². The van der Waals surface area contributed by atoms with Crippen LogP contribution in [0.15, 0.2) is 18.2 Å². The summed E-state index contributed by atoms with van der Waals surface area (Å²) in [5.74, 6) is -0.0136. The first kappa shape index (κ1) is 11.2. The summed E-state index contributed by atoms with van der Waals surface area (Å²) in [4.78, 5) is 0. The molecular weight excluding hydrogens is 201 g/mol. The molecule has 14 heavy (non-hydrogen) atoms. The van der Waals surface area contributed by atoms with Crippen molar-refractivity contribution in [3.8, 4) is 0 Å². The maximum atomic E-state index is 12.9. The summed E-state index contributed by atoms with van der Waals surface area (Å²) in [6, 6.07) is 4.28. The molecule has 1 atom stereocenters. The van der Waals surface area contributed by atoms with Gasteiger partial charge in [0.1, 0.15) is 5.82 Å². The Labute approximate surface area is 85.8 Å². The highest BCUT2D eigenvalue weighted by atomic mass is 32.2. The average molecular weight is 215 g/mol. The van der Waals surface area contributed by atoms with E-state index < -0.39 is 10.8 Å². The third-order valence-corrected chi connectivity index (χ3v) is 3.48. The van der Waals surface area contributed by atoms with Crippen molar-refractivity contribution in [2.45, 2.75) is 24.9 Å². The number of nitrogen functional groups attached to an aromatic ring is 1. The molecular formula is C10H14FNOS. The Kier molecular flexibility index (Phi) is 3.63. The van der Waals surface area contributed by atoms with Crippen molar-refractivity contribution >= 4 is 16.5 Å². The van der Waals surface area contributed by atoms with E-state index in [1.807, 2.05) is 13.8 Å². The monoisotopic (exact) mass is 215 g/mol. The maximum absolute atomic E-state index is 12.9. The van der Waals surface area contributed by atoms with E-state index in [-0.39, 0.29) is 11.1 Å². The minimum atomic E-state index is -0.961. The quantitative estimate of drug-likeness (QED) is 0.784. The van der Waals surface area contributed by atoms with Gasteiger partial charge >= 0.3 is 0 Å². The molecule has 78 valence electrons. The number of rotatable bonds is 3. The fourth-order valence-corrected chi connectivity index (χ4v) is 1.92. The van der Waals surface area contributed by atoms with Crippen molar-refractivity contribution in [3.63, 3.8) is 0 Å². The number of benzene rings is 1. The Morgan fingerprint density at radius 2 is 2.07 bits per heavy atom. The molecule has 0 aliphatic carbocycles. The Morgan fingerprint density at radius 3 is 2.57 bits per heavy atom. The number of halogens is 1. The molecule has 0 aliphatic rings. The van der Waals surface area contributed by atoms with E-state index in [1.165, 1.54) is 12.1 Å². The Balaban J connectivity index is 2.82. The van der Waals surface area contributed by atoms with Crippen molar-refractivity contribution in [3.05, 3.63) is 29.6 Å². The second-order valence-electron chi connectivity index (χ2n) is 3.47. The molecule has 2 nitrogen and oxygen atoms in total. The van der Waals surface area contributed by atoms with Gasteiger partial charge in [0.15, 0.2) is 0 Å². The van der Waals surface area contributed by atoms with Gasteiger partial charge in [-0.15, -0.1) is 0 Å². The minimum absolute atomic E-state index is 0.0829. The van der Waals surface area contributed by atoms with Crippen LogP contribution in [0.25, 0.3) is 0 Å². The SMILES string of the molecule is CC(C)S(=O)Cc1cc(N)cc(F)c1. The van der Waals surface area contributed by atoms with Crippen LogP contribution in [-0.2, 0) is 16.6 Å². The van der Waals surface area contributed by atoms with Gasteiger partial charge in [0, 0.05) is 27.5 Å². The topological polar surface area (TPSA) is 43.1 Å². The van der Waals surface area contributed by atoms with Crippen LogP contribution in [-0.4, -0.2) is 9.46 Å². The first-order valence-corrected chi connectivity index (χ1v) is 5.79. The fourth-order valence-electron chi connectivity index (χ4n) is 1.09. The smallest absolute Gasteiger partial charge is 0.125 e. The predicted octanol–water partition coefficient (Wildman–Crippen LogP) is 2.07. The van der Waals surface area contributed by atoms with Crippen molar-refractivity contribution in [1.29, 1.82) is 0 Å². The molecule has 0 saturated heterocycles. The van der Waals surface area contributed by atoms with Gasteiger partial charge in [0.2, 0.25) is 0 Å². The van der Waals surface area contributed by atoms with Crippen LogP contribution in [0.4, 0.5) is 10.1 Å². The van der Waals surface area contributed by atoms with E-state index in [4.69, 9.17) is 5.73 Å². The van der Waals surface area contributed by atoms with Crippen molar-refractivity contribution in [2.24, 2.45) is 0 Å². The van der Waals surface area contributed by atoms with Gasteiger partial charge < -0.3 is 5.73 Å². The van der Waals surface area contributed by atoms with E-state index >= 15 is 0 Å². The van der Waals surface area contributed by atoms with Crippen LogP contribution in [0, 0.1) is 5.82 Å². The lowest BCUT2D eigenvalue weighted by atomic mass is 10.2. The molecule has 0 bridgehead atoms. The standard InChI is InChI=1S/C10H14FNOS/c1-7(2)14(13)6-8-3-9(11)5-10(12)4-8/h3-5,7H,6,12H2,1-2H3. The number of hydrogen-bond acceptors (Lipinski definition) is 2. The number of hydrogen-bond donors (Lipinski definition) is 1. The number of nitrogens with two attached hydrogens (primary N) is 1. The van der Waals surface area contributed by atoms with E-state index in [2.05, 4.69) is 0 Å². The van der Waals surface area contributed by atoms with Gasteiger partial charge in [-0.1, -0.05) is 13.8 Å². The van der Waals surface area contributed by atoms with Crippen LogP contribution in [0.2, 0.25) is 0 Å². The molecule has 0 amide bonds. The van der Waals surface area contributed by atoms with Crippen LogP contribution in [0.1, 0.15) is 19.4 Å². The zero-order valence-corrected chi connectivity index (χ0v) is 9.10. The molecule has 1 rings (SSSR count). The predicted molar refractivity (Wildman–Crippen MR) is 57.8 cm³/mol. The summed E-state index contributed by atoms with van der Waals surface area (Å²) in [6.07, 6.45) is 0. The van der Waals surface area contributed by atoms with Crippen LogP contribution < -0.4 is 5.73 Å². The molecule has 4 heteroatoms. The van der Waals surface area contributed by atoms with E-state index in [0.29, 0.717) is 17.0 Å². The molecule has 0 aromatic heterocycles. The first-order chi connectivity index (χ1) is 6.49. The zero-order valence-electron chi connectivity index (χ0n) is 8.29. The molecule has 1 unspecified atom stereocenters. The Hall–Kier alpha value is -0.900. The number of anilines is 1. The van der Waals surface area contributed by atoms with Crippen LogP contribution in [0.5, 0.6) is 0 Å². The fraction of sp³-hybridized carbons (Fsp3) is 0.400. The van der Waals surface area contributed by atoms with E-state index in [1.54, 1.807) is 6.07 Å². The summed E-state index contributed by atoms with van der Waals surface area (Å²) >= 11 is 0. The van der Waals surface area contributed by atoms with Gasteiger partial charge in [0.05, 0.1) is 0 Å².